The van der Waals surface area contributed by atoms with Crippen molar-refractivity contribution in [2.75, 3.05) is 37.9 Å². The Balaban J connectivity index is 1.31. The van der Waals surface area contributed by atoms with E-state index in [0.29, 0.717) is 0 Å². The first-order valence-electron chi connectivity index (χ1n) is 11.9. The van der Waals surface area contributed by atoms with Crippen LogP contribution in [0.2, 0.25) is 0 Å². The predicted molar refractivity (Wildman–Crippen MR) is 135 cm³/mol. The second-order valence-electron chi connectivity index (χ2n) is 9.11. The molecule has 1 unspecified atom stereocenters. The van der Waals surface area contributed by atoms with Crippen molar-refractivity contribution < 1.29 is 52.0 Å². The molecule has 2 aliphatic rings. The number of ether oxygens (including phenoxy) is 2. The van der Waals surface area contributed by atoms with Gasteiger partial charge in [0.1, 0.15) is 42.1 Å². The molecule has 20 nitrogen and oxygen atoms in total. The molecule has 0 aliphatic carbocycles. The Labute approximate surface area is 229 Å². The number of rotatable bonds is 10. The van der Waals surface area contributed by atoms with Gasteiger partial charge in [0.05, 0.1) is 44.8 Å². The molecule has 8 N–H and O–H groups in total. The highest BCUT2D eigenvalue weighted by Crippen LogP contribution is 2.50. The van der Waals surface area contributed by atoms with E-state index in [9.17, 15) is 23.9 Å². The van der Waals surface area contributed by atoms with Gasteiger partial charge in [-0.25, -0.2) is 28.9 Å². The number of hydrogen-bond acceptors (Lipinski definition) is 15. The summed E-state index contributed by atoms with van der Waals surface area (Å²) in [5, 5.41) is 10.7. The van der Waals surface area contributed by atoms with Crippen molar-refractivity contribution in [1.29, 1.82) is 0 Å². The van der Waals surface area contributed by atoms with Crippen LogP contribution in [0.15, 0.2) is 29.7 Å². The molecule has 0 spiro atoms. The van der Waals surface area contributed by atoms with Crippen molar-refractivity contribution in [2.24, 2.45) is 0 Å². The van der Waals surface area contributed by atoms with Gasteiger partial charge in [0.15, 0.2) is 11.5 Å². The summed E-state index contributed by atoms with van der Waals surface area (Å²) >= 11 is 0. The van der Waals surface area contributed by atoms with Crippen molar-refractivity contribution in [3.63, 3.8) is 0 Å². The third-order valence-corrected chi connectivity index (χ3v) is 7.97. The fraction of sp³-hybridized carbons (Fsp3) is 0.526. The standard InChI is InChI=1S/C19H26N8O12P2/c20-13-1-2-26(19(29)25-13)9-3-35-11(15(9)28)5-38-41(33,34)39-16-10(4-36-12(16)6-37-40(30,31)32)27-8-24-14-17(21)22-7-23-18(14)27/h1-2,7-12,15-16,28H,3-6H2,(H,33,34)(H2,20,25,29)(H2,21,22,23)(H2,30,31,32)/t9-,10-,11-,12-,15+,16+/m1/s1. The largest absolute Gasteiger partial charge is 0.472 e. The maximum atomic E-state index is 13.0. The van der Waals surface area contributed by atoms with Crippen molar-refractivity contribution in [1.82, 2.24) is 29.1 Å². The molecule has 2 aliphatic heterocycles. The Morgan fingerprint density at radius 3 is 2.44 bits per heavy atom. The number of phosphoric acid groups is 2. The van der Waals surface area contributed by atoms with Crippen LogP contribution in [-0.4, -0.2) is 99.7 Å². The van der Waals surface area contributed by atoms with E-state index < -0.39 is 71.0 Å². The van der Waals surface area contributed by atoms with Gasteiger partial charge in [-0.05, 0) is 6.07 Å². The predicted octanol–water partition coefficient (Wildman–Crippen LogP) is -1.90. The van der Waals surface area contributed by atoms with Gasteiger partial charge in [0.25, 0.3) is 0 Å². The van der Waals surface area contributed by atoms with E-state index in [0.717, 1.165) is 4.57 Å². The Morgan fingerprint density at radius 2 is 1.71 bits per heavy atom. The van der Waals surface area contributed by atoms with Gasteiger partial charge in [0, 0.05) is 6.20 Å². The summed E-state index contributed by atoms with van der Waals surface area (Å²) in [4.78, 5) is 56.7. The maximum Gasteiger partial charge on any atom is 0.472 e. The minimum absolute atomic E-state index is 0.00351. The molecule has 0 radical (unpaired) electrons. The van der Waals surface area contributed by atoms with Crippen LogP contribution >= 0.6 is 15.6 Å². The van der Waals surface area contributed by atoms with Crippen LogP contribution < -0.4 is 17.2 Å². The number of nitrogens with zero attached hydrogens (tertiary/aromatic N) is 6. The quantitative estimate of drug-likeness (QED) is 0.135. The molecule has 3 aromatic heterocycles. The zero-order chi connectivity index (χ0) is 29.5. The second-order valence-corrected chi connectivity index (χ2v) is 11.8. The number of phosphoric ester groups is 2. The molecule has 0 amide bonds. The molecule has 2 fully saturated rings. The summed E-state index contributed by atoms with van der Waals surface area (Å²) in [6.07, 6.45) is -1.22. The van der Waals surface area contributed by atoms with E-state index in [-0.39, 0.29) is 36.0 Å². The highest BCUT2D eigenvalue weighted by molar-refractivity contribution is 7.47. The highest BCUT2D eigenvalue weighted by Gasteiger charge is 2.46. The normalized spacial score (nSPS) is 28.3. The summed E-state index contributed by atoms with van der Waals surface area (Å²) in [6.45, 7) is -1.62. The number of nitrogen functional groups attached to an aromatic ring is 2. The van der Waals surface area contributed by atoms with Crippen LogP contribution in [0.25, 0.3) is 11.2 Å². The van der Waals surface area contributed by atoms with Gasteiger partial charge in [-0.1, -0.05) is 0 Å². The molecular formula is C19H26N8O12P2. The third kappa shape index (κ3) is 6.47. The average molecular weight is 620 g/mol. The Bertz CT molecular complexity index is 1560. The van der Waals surface area contributed by atoms with Gasteiger partial charge in [-0.3, -0.25) is 18.1 Å². The molecule has 224 valence electrons. The number of aliphatic hydroxyl groups is 1. The monoisotopic (exact) mass is 620 g/mol. The summed E-state index contributed by atoms with van der Waals surface area (Å²) in [5.74, 6) is 0.0735. The van der Waals surface area contributed by atoms with Gasteiger partial charge >= 0.3 is 21.3 Å². The van der Waals surface area contributed by atoms with Crippen LogP contribution in [-0.2, 0) is 32.2 Å². The molecule has 41 heavy (non-hydrogen) atoms. The molecule has 2 saturated heterocycles. The highest BCUT2D eigenvalue weighted by atomic mass is 31.2. The Hall–Kier alpha value is -2.87. The fourth-order valence-corrected chi connectivity index (χ4v) is 5.87. The van der Waals surface area contributed by atoms with Gasteiger partial charge < -0.3 is 45.3 Å². The number of anilines is 2. The molecule has 3 aromatic rings. The lowest BCUT2D eigenvalue weighted by Crippen LogP contribution is -2.37. The van der Waals surface area contributed by atoms with E-state index in [2.05, 4.69) is 24.5 Å². The third-order valence-electron chi connectivity index (χ3n) is 6.50. The van der Waals surface area contributed by atoms with E-state index in [4.69, 9.17) is 39.8 Å². The Morgan fingerprint density at radius 1 is 1.00 bits per heavy atom. The van der Waals surface area contributed by atoms with Crippen LogP contribution in [0.5, 0.6) is 0 Å². The molecule has 5 heterocycles. The van der Waals surface area contributed by atoms with Crippen molar-refractivity contribution >= 4 is 38.4 Å². The van der Waals surface area contributed by atoms with Crippen LogP contribution in [0.1, 0.15) is 12.1 Å². The number of aromatic nitrogens is 6. The summed E-state index contributed by atoms with van der Waals surface area (Å²) in [6, 6.07) is -0.398. The van der Waals surface area contributed by atoms with Crippen LogP contribution in [0, 0.1) is 0 Å². The molecule has 5 rings (SSSR count). The second kappa shape index (κ2) is 11.4. The van der Waals surface area contributed by atoms with Crippen LogP contribution in [0.4, 0.5) is 11.6 Å². The topological polar surface area (TPSA) is 292 Å². The SMILES string of the molecule is Nc1ccn([C@@H]2CO[C@H](COP(=O)(O)O[C@H]3[C@H](n4cnc5c(N)ncnc54)CO[C@@H]3COP(=O)(O)O)[C@H]2O)c(=O)n1. The van der Waals surface area contributed by atoms with E-state index in [1.807, 2.05) is 0 Å². The minimum atomic E-state index is -4.95. The van der Waals surface area contributed by atoms with E-state index >= 15 is 0 Å². The van der Waals surface area contributed by atoms with E-state index in [1.54, 1.807) is 0 Å². The molecule has 22 heteroatoms. The maximum absolute atomic E-state index is 13.0. The Kier molecular flexibility index (Phi) is 8.25. The van der Waals surface area contributed by atoms with Crippen LogP contribution in [0.3, 0.4) is 0 Å². The lowest BCUT2D eigenvalue weighted by atomic mass is 10.1. The molecular weight excluding hydrogens is 594 g/mol. The minimum Gasteiger partial charge on any atom is -0.388 e. The molecule has 0 bridgehead atoms. The molecule has 0 saturated carbocycles. The fourth-order valence-electron chi connectivity index (χ4n) is 4.55. The summed E-state index contributed by atoms with van der Waals surface area (Å²) < 4.78 is 53.0. The zero-order valence-corrected chi connectivity index (χ0v) is 22.7. The first kappa shape index (κ1) is 29.6. The first-order valence-corrected chi connectivity index (χ1v) is 14.9. The van der Waals surface area contributed by atoms with Gasteiger partial charge in [-0.2, -0.15) is 4.98 Å². The zero-order valence-electron chi connectivity index (χ0n) is 20.9. The first-order chi connectivity index (χ1) is 19.3. The number of fused-ring (bicyclic) bond motifs is 1. The number of hydrogen-bond donors (Lipinski definition) is 6. The number of imidazole rings is 1. The number of nitrogens with two attached hydrogens (primary N) is 2. The van der Waals surface area contributed by atoms with Gasteiger partial charge in [-0.15, -0.1) is 0 Å². The van der Waals surface area contributed by atoms with Gasteiger partial charge in [0.2, 0.25) is 0 Å². The average Bonchev–Trinajstić information content (AvgIpc) is 3.59. The lowest BCUT2D eigenvalue weighted by Gasteiger charge is -2.26. The van der Waals surface area contributed by atoms with Crippen molar-refractivity contribution in [2.45, 2.75) is 36.5 Å². The summed E-state index contributed by atoms with van der Waals surface area (Å²) in [5.41, 5.74) is 11.1. The van der Waals surface area contributed by atoms with E-state index in [1.165, 1.54) is 29.5 Å². The lowest BCUT2D eigenvalue weighted by molar-refractivity contribution is -0.0216. The smallest absolute Gasteiger partial charge is 0.388 e. The van der Waals surface area contributed by atoms with Crippen molar-refractivity contribution in [3.8, 4) is 0 Å². The number of aliphatic hydroxyl groups excluding tert-OH is 1. The summed E-state index contributed by atoms with van der Waals surface area (Å²) in [7, 11) is -9.88. The molecule has 0 aromatic carbocycles. The molecule has 7 atom stereocenters. The van der Waals surface area contributed by atoms with Crippen molar-refractivity contribution in [3.05, 3.63) is 35.4 Å².